The zero-order chi connectivity index (χ0) is 14.5. The van der Waals surface area contributed by atoms with Crippen molar-refractivity contribution in [1.29, 1.82) is 0 Å². The van der Waals surface area contributed by atoms with Gasteiger partial charge >= 0.3 is 12.1 Å². The lowest BCUT2D eigenvalue weighted by Gasteiger charge is -2.24. The Hall–Kier alpha value is -1.24. The van der Waals surface area contributed by atoms with Gasteiger partial charge in [-0.1, -0.05) is 18.7 Å². The summed E-state index contributed by atoms with van der Waals surface area (Å²) < 4.78 is 4.97. The number of carboxylic acids is 1. The Labute approximate surface area is 110 Å². The summed E-state index contributed by atoms with van der Waals surface area (Å²) in [5.41, 5.74) is -0.704. The second-order valence-electron chi connectivity index (χ2n) is 4.78. The van der Waals surface area contributed by atoms with Crippen molar-refractivity contribution < 1.29 is 24.2 Å². The minimum atomic E-state index is -1.21. The number of amides is 1. The summed E-state index contributed by atoms with van der Waals surface area (Å²) in [7, 11) is 0. The molecule has 0 aliphatic rings. The molecule has 0 aromatic carbocycles. The zero-order valence-corrected chi connectivity index (χ0v) is 12.0. The van der Waals surface area contributed by atoms with Crippen LogP contribution in [0.2, 0.25) is 0 Å². The van der Waals surface area contributed by atoms with Crippen LogP contribution in [0.5, 0.6) is 0 Å². The molecule has 0 heterocycles. The van der Waals surface area contributed by atoms with E-state index >= 15 is 0 Å². The Balaban J connectivity index is 4.59. The number of rotatable bonds is 4. The molecule has 0 saturated carbocycles. The van der Waals surface area contributed by atoms with Gasteiger partial charge in [0.2, 0.25) is 0 Å². The predicted molar refractivity (Wildman–Crippen MR) is 68.5 cm³/mol. The Morgan fingerprint density at radius 3 is 2.11 bits per heavy atom. The van der Waals surface area contributed by atoms with E-state index in [0.717, 1.165) is 11.8 Å². The molecule has 2 N–H and O–H groups in total. The Bertz CT molecular complexity index is 337. The Morgan fingerprint density at radius 1 is 1.28 bits per heavy atom. The number of thioether (sulfide) groups is 1. The van der Waals surface area contributed by atoms with Crippen molar-refractivity contribution in [2.24, 2.45) is 0 Å². The lowest BCUT2D eigenvalue weighted by molar-refractivity contribution is -0.139. The van der Waals surface area contributed by atoms with Crippen LogP contribution >= 0.6 is 11.8 Å². The first kappa shape index (κ1) is 16.8. The quantitative estimate of drug-likeness (QED) is 0.811. The molecule has 18 heavy (non-hydrogen) atoms. The summed E-state index contributed by atoms with van der Waals surface area (Å²) >= 11 is 0.861. The highest BCUT2D eigenvalue weighted by Crippen LogP contribution is 2.16. The lowest BCUT2D eigenvalue weighted by Crippen LogP contribution is -2.48. The standard InChI is InChI=1S/C11H19NO5S/c1-6(18-7(2)13)8(9(14)15)12-10(16)17-11(3,4)5/h6,8H,1-5H3,(H,12,16)(H,14,15)/t6?,8-/m0/s1. The highest BCUT2D eigenvalue weighted by molar-refractivity contribution is 8.14. The molecule has 0 aromatic rings. The largest absolute Gasteiger partial charge is 0.480 e. The maximum absolute atomic E-state index is 11.5. The maximum Gasteiger partial charge on any atom is 0.408 e. The first-order chi connectivity index (χ1) is 8.03. The SMILES string of the molecule is CC(=O)SC(C)[C@H](NC(=O)OC(C)(C)C)C(=O)O. The minimum Gasteiger partial charge on any atom is -0.480 e. The van der Waals surface area contributed by atoms with Crippen LogP contribution in [-0.2, 0) is 14.3 Å². The van der Waals surface area contributed by atoms with Crippen LogP contribution in [0.4, 0.5) is 4.79 Å². The molecule has 0 aliphatic heterocycles. The van der Waals surface area contributed by atoms with E-state index < -0.39 is 29.0 Å². The number of ether oxygens (including phenoxy) is 1. The third kappa shape index (κ3) is 7.16. The average Bonchev–Trinajstić information content (AvgIpc) is 2.09. The van der Waals surface area contributed by atoms with Crippen molar-refractivity contribution in [3.63, 3.8) is 0 Å². The molecule has 0 saturated heterocycles. The van der Waals surface area contributed by atoms with E-state index in [9.17, 15) is 14.4 Å². The number of hydrogen-bond donors (Lipinski definition) is 2. The normalized spacial score (nSPS) is 14.5. The molecule has 6 nitrogen and oxygen atoms in total. The van der Waals surface area contributed by atoms with Crippen LogP contribution < -0.4 is 5.32 Å². The summed E-state index contributed by atoms with van der Waals surface area (Å²) in [5, 5.41) is 10.5. The van der Waals surface area contributed by atoms with E-state index in [0.29, 0.717) is 0 Å². The van der Waals surface area contributed by atoms with Gasteiger partial charge in [-0.2, -0.15) is 0 Å². The fourth-order valence-electron chi connectivity index (χ4n) is 1.14. The van der Waals surface area contributed by atoms with Crippen molar-refractivity contribution in [1.82, 2.24) is 5.32 Å². The monoisotopic (exact) mass is 277 g/mol. The Morgan fingerprint density at radius 2 is 1.78 bits per heavy atom. The van der Waals surface area contributed by atoms with Gasteiger partial charge in [-0.15, -0.1) is 0 Å². The minimum absolute atomic E-state index is 0.209. The van der Waals surface area contributed by atoms with Crippen LogP contribution in [0.15, 0.2) is 0 Å². The van der Waals surface area contributed by atoms with Crippen LogP contribution in [0, 0.1) is 0 Å². The summed E-state index contributed by atoms with van der Waals surface area (Å²) in [4.78, 5) is 33.4. The number of nitrogens with one attached hydrogen (secondary N) is 1. The second-order valence-corrected chi connectivity index (χ2v) is 6.33. The van der Waals surface area contributed by atoms with Gasteiger partial charge in [0.25, 0.3) is 0 Å². The van der Waals surface area contributed by atoms with Gasteiger partial charge in [-0.25, -0.2) is 9.59 Å². The fourth-order valence-corrected chi connectivity index (χ4v) is 1.99. The molecule has 0 spiro atoms. The summed E-state index contributed by atoms with van der Waals surface area (Å²) in [6.07, 6.45) is -0.814. The molecule has 0 bridgehead atoms. The van der Waals surface area contributed by atoms with Crippen molar-refractivity contribution in [2.75, 3.05) is 0 Å². The van der Waals surface area contributed by atoms with Gasteiger partial charge in [0.05, 0.1) is 0 Å². The molecule has 7 heteroatoms. The number of carboxylic acid groups (broad SMARTS) is 1. The lowest BCUT2D eigenvalue weighted by atomic mass is 10.2. The molecule has 2 atom stereocenters. The second kappa shape index (κ2) is 6.63. The van der Waals surface area contributed by atoms with Crippen molar-refractivity contribution in [2.45, 2.75) is 51.5 Å². The van der Waals surface area contributed by atoms with Crippen LogP contribution in [0.25, 0.3) is 0 Å². The van der Waals surface area contributed by atoms with Gasteiger partial charge in [-0.05, 0) is 20.8 Å². The third-order valence-corrected chi connectivity index (χ3v) is 2.74. The summed E-state index contributed by atoms with van der Waals surface area (Å²) in [6.45, 7) is 7.93. The summed E-state index contributed by atoms with van der Waals surface area (Å²) in [6, 6.07) is -1.17. The van der Waals surface area contributed by atoms with Gasteiger partial charge in [-0.3, -0.25) is 4.79 Å². The van der Waals surface area contributed by atoms with E-state index in [1.807, 2.05) is 0 Å². The topological polar surface area (TPSA) is 92.7 Å². The average molecular weight is 277 g/mol. The first-order valence-corrected chi connectivity index (χ1v) is 6.30. The predicted octanol–water partition coefficient (Wildman–Crippen LogP) is 1.63. The molecule has 0 radical (unpaired) electrons. The summed E-state index contributed by atoms with van der Waals surface area (Å²) in [5.74, 6) is -1.21. The molecular formula is C11H19NO5S. The molecule has 1 unspecified atom stereocenters. The number of carbonyl (C=O) groups excluding carboxylic acids is 2. The van der Waals surface area contributed by atoms with E-state index in [1.165, 1.54) is 6.92 Å². The Kier molecular flexibility index (Phi) is 6.17. The van der Waals surface area contributed by atoms with E-state index in [4.69, 9.17) is 9.84 Å². The number of carbonyl (C=O) groups is 3. The molecule has 104 valence electrons. The van der Waals surface area contributed by atoms with Crippen molar-refractivity contribution in [3.8, 4) is 0 Å². The third-order valence-electron chi connectivity index (χ3n) is 1.76. The number of alkyl carbamates (subject to hydrolysis) is 1. The van der Waals surface area contributed by atoms with Crippen LogP contribution in [0.3, 0.4) is 0 Å². The van der Waals surface area contributed by atoms with Gasteiger partial charge in [0.15, 0.2) is 5.12 Å². The molecule has 0 aromatic heterocycles. The molecule has 0 fully saturated rings. The highest BCUT2D eigenvalue weighted by Gasteiger charge is 2.29. The van der Waals surface area contributed by atoms with Gasteiger partial charge in [0.1, 0.15) is 11.6 Å². The van der Waals surface area contributed by atoms with E-state index in [2.05, 4.69) is 5.32 Å². The van der Waals surface area contributed by atoms with Crippen molar-refractivity contribution >= 4 is 28.9 Å². The molecular weight excluding hydrogens is 258 g/mol. The smallest absolute Gasteiger partial charge is 0.408 e. The fraction of sp³-hybridized carbons (Fsp3) is 0.727. The number of aliphatic carboxylic acids is 1. The van der Waals surface area contributed by atoms with Crippen molar-refractivity contribution in [3.05, 3.63) is 0 Å². The first-order valence-electron chi connectivity index (χ1n) is 5.42. The molecule has 1 amide bonds. The zero-order valence-electron chi connectivity index (χ0n) is 11.1. The highest BCUT2D eigenvalue weighted by atomic mass is 32.2. The maximum atomic E-state index is 11.5. The van der Waals surface area contributed by atoms with Gasteiger partial charge < -0.3 is 15.2 Å². The molecule has 0 rings (SSSR count). The van der Waals surface area contributed by atoms with E-state index in [1.54, 1.807) is 27.7 Å². The van der Waals surface area contributed by atoms with E-state index in [-0.39, 0.29) is 5.12 Å². The number of hydrogen-bond acceptors (Lipinski definition) is 5. The molecule has 0 aliphatic carbocycles. The van der Waals surface area contributed by atoms with Gasteiger partial charge in [0, 0.05) is 12.2 Å². The van der Waals surface area contributed by atoms with Crippen LogP contribution in [-0.4, -0.2) is 39.2 Å². The van der Waals surface area contributed by atoms with Crippen LogP contribution in [0.1, 0.15) is 34.6 Å².